The van der Waals surface area contributed by atoms with Crippen molar-refractivity contribution < 1.29 is 5.11 Å². The largest absolute Gasteiger partial charge is 0.392 e. The van der Waals surface area contributed by atoms with Crippen molar-refractivity contribution in [1.29, 1.82) is 0 Å². The predicted octanol–water partition coefficient (Wildman–Crippen LogP) is 2.64. The zero-order valence-corrected chi connectivity index (χ0v) is 9.89. The van der Waals surface area contributed by atoms with Crippen LogP contribution in [0.25, 0.3) is 0 Å². The number of benzene rings is 1. The maximum absolute atomic E-state index is 9.90. The van der Waals surface area contributed by atoms with Gasteiger partial charge in [0.25, 0.3) is 0 Å². The third-order valence-electron chi connectivity index (χ3n) is 3.49. The van der Waals surface area contributed by atoms with E-state index in [2.05, 4.69) is 36.5 Å². The molecule has 1 aliphatic rings. The molecule has 2 nitrogen and oxygen atoms in total. The second kappa shape index (κ2) is 5.46. The number of aliphatic hydroxyl groups is 1. The van der Waals surface area contributed by atoms with Crippen molar-refractivity contribution >= 4 is 0 Å². The smallest absolute Gasteiger partial charge is 0.0693 e. The molecule has 0 aliphatic heterocycles. The molecule has 0 aromatic heterocycles. The summed E-state index contributed by atoms with van der Waals surface area (Å²) in [6.45, 7) is 2.16. The first-order chi connectivity index (χ1) is 7.77. The summed E-state index contributed by atoms with van der Waals surface area (Å²) in [5, 5.41) is 13.4. The minimum Gasteiger partial charge on any atom is -0.392 e. The zero-order valence-electron chi connectivity index (χ0n) is 9.89. The van der Waals surface area contributed by atoms with E-state index in [0.29, 0.717) is 6.04 Å². The van der Waals surface area contributed by atoms with Gasteiger partial charge in [0.15, 0.2) is 0 Å². The maximum Gasteiger partial charge on any atom is 0.0693 e. The Labute approximate surface area is 97.7 Å². The third kappa shape index (κ3) is 2.83. The molecule has 1 saturated carbocycles. The summed E-state index contributed by atoms with van der Waals surface area (Å²) in [7, 11) is 0. The van der Waals surface area contributed by atoms with Gasteiger partial charge < -0.3 is 10.4 Å². The highest BCUT2D eigenvalue weighted by Crippen LogP contribution is 2.21. The highest BCUT2D eigenvalue weighted by molar-refractivity contribution is 5.18. The van der Waals surface area contributed by atoms with Crippen LogP contribution in [0.1, 0.15) is 44.2 Å². The predicted molar refractivity (Wildman–Crippen MR) is 66.3 cm³/mol. The molecule has 0 saturated heterocycles. The van der Waals surface area contributed by atoms with E-state index < -0.39 is 0 Å². The van der Waals surface area contributed by atoms with Gasteiger partial charge in [0.05, 0.1) is 6.10 Å². The van der Waals surface area contributed by atoms with Crippen molar-refractivity contribution in [3.05, 3.63) is 35.9 Å². The van der Waals surface area contributed by atoms with E-state index in [9.17, 15) is 5.11 Å². The van der Waals surface area contributed by atoms with Crippen molar-refractivity contribution in [1.82, 2.24) is 5.32 Å². The first-order valence-electron chi connectivity index (χ1n) is 6.26. The van der Waals surface area contributed by atoms with E-state index >= 15 is 0 Å². The van der Waals surface area contributed by atoms with Crippen LogP contribution in [-0.2, 0) is 0 Å². The van der Waals surface area contributed by atoms with E-state index in [1.54, 1.807) is 0 Å². The molecular formula is C14H21NO. The molecule has 0 radical (unpaired) electrons. The summed E-state index contributed by atoms with van der Waals surface area (Å²) in [6, 6.07) is 11.0. The Morgan fingerprint density at radius 3 is 2.56 bits per heavy atom. The minimum absolute atomic E-state index is 0.167. The van der Waals surface area contributed by atoms with Gasteiger partial charge in [-0.3, -0.25) is 0 Å². The number of nitrogens with one attached hydrogen (secondary N) is 1. The van der Waals surface area contributed by atoms with Crippen LogP contribution in [0.4, 0.5) is 0 Å². The van der Waals surface area contributed by atoms with Gasteiger partial charge in [0, 0.05) is 12.1 Å². The lowest BCUT2D eigenvalue weighted by Gasteiger charge is -2.31. The van der Waals surface area contributed by atoms with Gasteiger partial charge in [-0.1, -0.05) is 43.2 Å². The molecule has 1 aromatic rings. The van der Waals surface area contributed by atoms with Crippen LogP contribution >= 0.6 is 0 Å². The number of rotatable bonds is 3. The fourth-order valence-corrected chi connectivity index (χ4v) is 2.46. The normalized spacial score (nSPS) is 27.6. The lowest BCUT2D eigenvalue weighted by atomic mass is 9.91. The first kappa shape index (κ1) is 11.6. The maximum atomic E-state index is 9.90. The third-order valence-corrected chi connectivity index (χ3v) is 3.49. The SMILES string of the molecule is C[C@@H](NC1CCCC[C@@H]1O)c1ccccc1. The zero-order chi connectivity index (χ0) is 11.4. The van der Waals surface area contributed by atoms with Crippen molar-refractivity contribution in [3.63, 3.8) is 0 Å². The molecule has 1 aliphatic carbocycles. The lowest BCUT2D eigenvalue weighted by Crippen LogP contribution is -2.43. The van der Waals surface area contributed by atoms with E-state index in [0.717, 1.165) is 12.8 Å². The summed E-state index contributed by atoms with van der Waals surface area (Å²) in [6.07, 6.45) is 4.27. The number of aliphatic hydroxyl groups excluding tert-OH is 1. The van der Waals surface area contributed by atoms with Crippen LogP contribution in [0, 0.1) is 0 Å². The second-order valence-corrected chi connectivity index (χ2v) is 4.76. The van der Waals surface area contributed by atoms with Crippen LogP contribution < -0.4 is 5.32 Å². The average Bonchev–Trinajstić information content (AvgIpc) is 2.33. The van der Waals surface area contributed by atoms with Gasteiger partial charge in [0.2, 0.25) is 0 Å². The topological polar surface area (TPSA) is 32.3 Å². The van der Waals surface area contributed by atoms with Crippen LogP contribution in [0.15, 0.2) is 30.3 Å². The molecule has 0 amide bonds. The van der Waals surface area contributed by atoms with Gasteiger partial charge >= 0.3 is 0 Å². The van der Waals surface area contributed by atoms with Gasteiger partial charge in [-0.15, -0.1) is 0 Å². The van der Waals surface area contributed by atoms with Crippen LogP contribution in [0.3, 0.4) is 0 Å². The summed E-state index contributed by atoms with van der Waals surface area (Å²) in [5.74, 6) is 0. The molecule has 2 rings (SSSR count). The Morgan fingerprint density at radius 2 is 1.88 bits per heavy atom. The van der Waals surface area contributed by atoms with Crippen molar-refractivity contribution in [2.75, 3.05) is 0 Å². The van der Waals surface area contributed by atoms with Gasteiger partial charge in [-0.05, 0) is 25.3 Å². The van der Waals surface area contributed by atoms with Gasteiger partial charge in [0.1, 0.15) is 0 Å². The standard InChI is InChI=1S/C14H21NO/c1-11(12-7-3-2-4-8-12)15-13-9-5-6-10-14(13)16/h2-4,7-8,11,13-16H,5-6,9-10H2,1H3/t11-,13?,14+/m1/s1. The molecule has 16 heavy (non-hydrogen) atoms. The summed E-state index contributed by atoms with van der Waals surface area (Å²) in [4.78, 5) is 0. The molecule has 1 fully saturated rings. The Morgan fingerprint density at radius 1 is 1.19 bits per heavy atom. The minimum atomic E-state index is -0.167. The highest BCUT2D eigenvalue weighted by Gasteiger charge is 2.24. The average molecular weight is 219 g/mol. The Balaban J connectivity index is 1.94. The Hall–Kier alpha value is -0.860. The van der Waals surface area contributed by atoms with E-state index in [1.807, 2.05) is 6.07 Å². The quantitative estimate of drug-likeness (QED) is 0.819. The molecule has 2 N–H and O–H groups in total. The van der Waals surface area contributed by atoms with Crippen molar-refractivity contribution in [2.24, 2.45) is 0 Å². The summed E-state index contributed by atoms with van der Waals surface area (Å²) >= 11 is 0. The molecule has 0 bridgehead atoms. The summed E-state index contributed by atoms with van der Waals surface area (Å²) < 4.78 is 0. The van der Waals surface area contributed by atoms with Crippen molar-refractivity contribution in [2.45, 2.75) is 50.8 Å². The van der Waals surface area contributed by atoms with Crippen molar-refractivity contribution in [3.8, 4) is 0 Å². The van der Waals surface area contributed by atoms with Crippen LogP contribution in [0.5, 0.6) is 0 Å². The first-order valence-corrected chi connectivity index (χ1v) is 6.26. The molecule has 1 aromatic carbocycles. The highest BCUT2D eigenvalue weighted by atomic mass is 16.3. The van der Waals surface area contributed by atoms with E-state index in [-0.39, 0.29) is 12.1 Å². The Kier molecular flexibility index (Phi) is 3.97. The Bertz CT molecular complexity index is 312. The van der Waals surface area contributed by atoms with E-state index in [4.69, 9.17) is 0 Å². The van der Waals surface area contributed by atoms with Gasteiger partial charge in [-0.25, -0.2) is 0 Å². The molecule has 0 spiro atoms. The molecule has 2 heteroatoms. The monoisotopic (exact) mass is 219 g/mol. The lowest BCUT2D eigenvalue weighted by molar-refractivity contribution is 0.0860. The van der Waals surface area contributed by atoms with Crippen LogP contribution in [-0.4, -0.2) is 17.3 Å². The number of hydrogen-bond donors (Lipinski definition) is 2. The fraction of sp³-hybridized carbons (Fsp3) is 0.571. The van der Waals surface area contributed by atoms with Gasteiger partial charge in [-0.2, -0.15) is 0 Å². The number of hydrogen-bond acceptors (Lipinski definition) is 2. The van der Waals surface area contributed by atoms with E-state index in [1.165, 1.54) is 18.4 Å². The second-order valence-electron chi connectivity index (χ2n) is 4.76. The molecular weight excluding hydrogens is 198 g/mol. The van der Waals surface area contributed by atoms with Crippen LogP contribution in [0.2, 0.25) is 0 Å². The summed E-state index contributed by atoms with van der Waals surface area (Å²) in [5.41, 5.74) is 1.29. The molecule has 0 heterocycles. The molecule has 1 unspecified atom stereocenters. The molecule has 88 valence electrons. The fourth-order valence-electron chi connectivity index (χ4n) is 2.46. The molecule has 3 atom stereocenters.